The summed E-state index contributed by atoms with van der Waals surface area (Å²) in [6, 6.07) is 150. The van der Waals surface area contributed by atoms with Gasteiger partial charge in [-0.2, -0.15) is 19.9 Å². The quantitative estimate of drug-likeness (QED) is 0.128. The number of fused-ring (bicyclic) bond motifs is 15. The Bertz CT molecular complexity index is 7220. The molecule has 8 aromatic heterocycles. The van der Waals surface area contributed by atoms with Crippen LogP contribution < -0.4 is 0 Å². The zero-order valence-electron chi connectivity index (χ0n) is 64.4. The molecule has 0 saturated carbocycles. The molecule has 11 nitrogen and oxygen atoms in total. The molecule has 0 aliphatic heterocycles. The number of hydrogen-bond acceptors (Lipinski definition) is 6. The van der Waals surface area contributed by atoms with Gasteiger partial charge in [0.05, 0.1) is 72.2 Å². The predicted octanol–water partition coefficient (Wildman–Crippen LogP) is 26.9. The van der Waals surface area contributed by atoms with E-state index in [2.05, 4.69) is 429 Å². The molecule has 558 valence electrons. The highest BCUT2D eigenvalue weighted by Gasteiger charge is 2.24. The van der Waals surface area contributed by atoms with E-state index in [4.69, 9.17) is 29.9 Å². The number of rotatable bonds is 11. The van der Waals surface area contributed by atoms with E-state index in [0.29, 0.717) is 23.5 Å². The van der Waals surface area contributed by atoms with Crippen molar-refractivity contribution >= 4 is 109 Å². The molecule has 0 bridgehead atoms. The van der Waals surface area contributed by atoms with Gasteiger partial charge in [-0.1, -0.05) is 352 Å². The zero-order chi connectivity index (χ0) is 78.7. The predicted molar refractivity (Wildman–Crippen MR) is 490 cm³/mol. The minimum Gasteiger partial charge on any atom is -0.309 e. The Hall–Kier alpha value is -16.2. The second-order valence-electron chi connectivity index (χ2n) is 29.7. The van der Waals surface area contributed by atoms with E-state index in [1.807, 2.05) is 24.3 Å². The van der Waals surface area contributed by atoms with E-state index in [0.717, 1.165) is 106 Å². The number of benzene rings is 16. The molecule has 24 aromatic rings. The molecule has 16 aromatic carbocycles. The molecule has 0 aliphatic rings. The van der Waals surface area contributed by atoms with Crippen LogP contribution in [0.5, 0.6) is 0 Å². The second kappa shape index (κ2) is 29.6. The van der Waals surface area contributed by atoms with E-state index in [9.17, 15) is 0 Å². The fourth-order valence-electron chi connectivity index (χ4n) is 17.3. The van der Waals surface area contributed by atoms with Gasteiger partial charge < -0.3 is 4.57 Å². The molecule has 0 aliphatic carbocycles. The Morgan fingerprint density at radius 1 is 0.143 bits per heavy atom. The molecule has 0 atom stereocenters. The lowest BCUT2D eigenvalue weighted by atomic mass is 10.0. The second-order valence-corrected chi connectivity index (χ2v) is 29.7. The van der Waals surface area contributed by atoms with Crippen LogP contribution in [0.1, 0.15) is 0 Å². The average Bonchev–Trinajstić information content (AvgIpc) is 1.57. The number of para-hydroxylation sites is 10. The van der Waals surface area contributed by atoms with Gasteiger partial charge in [-0.25, -0.2) is 9.97 Å². The molecular formula is C108H71N11. The van der Waals surface area contributed by atoms with Crippen LogP contribution in [-0.2, 0) is 0 Å². The van der Waals surface area contributed by atoms with E-state index in [-0.39, 0.29) is 0 Å². The van der Waals surface area contributed by atoms with E-state index >= 15 is 0 Å². The van der Waals surface area contributed by atoms with E-state index in [1.54, 1.807) is 0 Å². The van der Waals surface area contributed by atoms with Gasteiger partial charge in [0.25, 0.3) is 0 Å². The van der Waals surface area contributed by atoms with Gasteiger partial charge in [0.1, 0.15) is 11.6 Å². The Morgan fingerprint density at radius 2 is 0.353 bits per heavy atom. The minimum absolute atomic E-state index is 0.594. The molecule has 8 heterocycles. The third-order valence-electron chi connectivity index (χ3n) is 22.8. The maximum absolute atomic E-state index is 5.39. The van der Waals surface area contributed by atoms with Crippen molar-refractivity contribution in [1.29, 1.82) is 0 Å². The topological polar surface area (TPSA) is 102 Å². The average molecular weight is 1520 g/mol. The normalized spacial score (nSPS) is 11.5. The minimum atomic E-state index is 0.594. The lowest BCUT2D eigenvalue weighted by Gasteiger charge is -2.15. The largest absolute Gasteiger partial charge is 0.309 e. The third kappa shape index (κ3) is 12.4. The molecule has 0 radical (unpaired) electrons. The number of nitrogens with zero attached hydrogens (tertiary/aromatic N) is 11. The van der Waals surface area contributed by atoms with Crippen LogP contribution in [0.25, 0.3) is 206 Å². The summed E-state index contributed by atoms with van der Waals surface area (Å²) in [7, 11) is 0. The maximum Gasteiger partial charge on any atom is 0.238 e. The van der Waals surface area contributed by atoms with Crippen molar-refractivity contribution in [2.45, 2.75) is 0 Å². The molecule has 0 fully saturated rings. The summed E-state index contributed by atoms with van der Waals surface area (Å²) >= 11 is 0. The summed E-state index contributed by atoms with van der Waals surface area (Å²) in [4.78, 5) is 31.0. The van der Waals surface area contributed by atoms with Crippen LogP contribution in [0.3, 0.4) is 0 Å². The lowest BCUT2D eigenvalue weighted by molar-refractivity contribution is 0.918. The molecule has 119 heavy (non-hydrogen) atoms. The van der Waals surface area contributed by atoms with Gasteiger partial charge >= 0.3 is 0 Å². The van der Waals surface area contributed by atoms with Crippen LogP contribution in [0.4, 0.5) is 0 Å². The molecule has 0 saturated heterocycles. The van der Waals surface area contributed by atoms with Crippen molar-refractivity contribution in [1.82, 2.24) is 52.7 Å². The Morgan fingerprint density at radius 3 is 0.630 bits per heavy atom. The van der Waals surface area contributed by atoms with Crippen molar-refractivity contribution in [3.05, 3.63) is 431 Å². The van der Waals surface area contributed by atoms with Crippen LogP contribution in [-0.4, -0.2) is 52.7 Å². The number of hydrogen-bond donors (Lipinski definition) is 0. The molecule has 0 N–H and O–H groups in total. The van der Waals surface area contributed by atoms with Gasteiger partial charge in [-0.3, -0.25) is 18.3 Å². The molecule has 0 spiro atoms. The Balaban J connectivity index is 0.000000109. The van der Waals surface area contributed by atoms with E-state index in [1.165, 1.54) is 76.0 Å². The smallest absolute Gasteiger partial charge is 0.238 e. The van der Waals surface area contributed by atoms with Crippen LogP contribution in [0, 0.1) is 0 Å². The van der Waals surface area contributed by atoms with Crippen LogP contribution in [0.15, 0.2) is 431 Å². The monoisotopic (exact) mass is 1520 g/mol. The fraction of sp³-hybridized carbons (Fsp3) is 0. The van der Waals surface area contributed by atoms with Crippen LogP contribution >= 0.6 is 0 Å². The Kier molecular flexibility index (Phi) is 17.3. The SMILES string of the molecule is c1ccc(-c2cc(-n3c4ccccc4c4ccccc43)cc(-c3ccccc3)n2)cc1.c1ccc(-c2ccc(-c3nc(-c4ccc(-c5ccccc5)cc4)nc(-n4c5ccccc5c5ccccc54)n3)cc2)cc1.c1ccc2c(c1)c1ccccc1n2-c1cc(-n2c3ccccc3c3ccccc32)nc(-n2c3ccccc3c3ccccc32)n1. The third-order valence-corrected chi connectivity index (χ3v) is 22.8. The highest BCUT2D eigenvalue weighted by Crippen LogP contribution is 2.41. The summed E-state index contributed by atoms with van der Waals surface area (Å²) in [5.74, 6) is 4.12. The molecule has 11 heteroatoms. The summed E-state index contributed by atoms with van der Waals surface area (Å²) in [6.07, 6.45) is 0. The highest BCUT2D eigenvalue weighted by atomic mass is 15.2. The zero-order valence-corrected chi connectivity index (χ0v) is 64.4. The first-order chi connectivity index (χ1) is 59.0. The van der Waals surface area contributed by atoms with Crippen molar-refractivity contribution in [2.75, 3.05) is 0 Å². The molecule has 0 unspecified atom stereocenters. The lowest BCUT2D eigenvalue weighted by Crippen LogP contribution is -2.10. The first kappa shape index (κ1) is 69.5. The molecular weight excluding hydrogens is 1450 g/mol. The van der Waals surface area contributed by atoms with Gasteiger partial charge in [-0.05, 0) is 95.1 Å². The van der Waals surface area contributed by atoms with Crippen molar-refractivity contribution in [3.63, 3.8) is 0 Å². The van der Waals surface area contributed by atoms with Crippen molar-refractivity contribution in [2.24, 2.45) is 0 Å². The van der Waals surface area contributed by atoms with Gasteiger partial charge in [-0.15, -0.1) is 0 Å². The first-order valence-corrected chi connectivity index (χ1v) is 40.1. The first-order valence-electron chi connectivity index (χ1n) is 40.1. The number of aromatic nitrogens is 11. The fourth-order valence-corrected chi connectivity index (χ4v) is 17.3. The standard InChI is InChI=1S/C40H25N5.C39H26N4.C29H20N2/c1-7-19-32-26(13-1)27-14-2-8-20-33(27)43(32)38-25-39(44-34-21-9-3-15-28(34)29-16-4-10-22-35(29)44)42-40(41-38)45-36-23-11-5-17-30(36)31-18-6-12-24-37(31)45;1-3-11-27(12-4-1)29-19-23-31(24-20-29)37-40-38(32-25-21-30(22-26-32)28-13-5-2-6-14-28)42-39(41-37)43-35-17-9-7-15-33(35)34-16-8-10-18-36(34)43;1-3-11-21(12-4-1)26-19-23(20-27(30-26)22-13-5-2-6-14-22)31-28-17-9-7-15-24(28)25-16-8-10-18-29(25)31/h1-25H;1-26H;1-20H. The summed E-state index contributed by atoms with van der Waals surface area (Å²) in [5, 5.41) is 12.0. The summed E-state index contributed by atoms with van der Waals surface area (Å²) in [5.41, 5.74) is 22.9. The van der Waals surface area contributed by atoms with Gasteiger partial charge in [0.2, 0.25) is 11.9 Å². The molecule has 24 rings (SSSR count). The molecule has 0 amide bonds. The van der Waals surface area contributed by atoms with Crippen molar-refractivity contribution < 1.29 is 0 Å². The van der Waals surface area contributed by atoms with Gasteiger partial charge in [0, 0.05) is 82.2 Å². The van der Waals surface area contributed by atoms with Gasteiger partial charge in [0.15, 0.2) is 11.6 Å². The maximum atomic E-state index is 5.39. The van der Waals surface area contributed by atoms with Crippen LogP contribution in [0.2, 0.25) is 0 Å². The highest BCUT2D eigenvalue weighted by molar-refractivity contribution is 6.13. The van der Waals surface area contributed by atoms with E-state index < -0.39 is 0 Å². The summed E-state index contributed by atoms with van der Waals surface area (Å²) < 4.78 is 11.3. The Labute approximate surface area is 684 Å². The summed E-state index contributed by atoms with van der Waals surface area (Å²) in [6.45, 7) is 0. The van der Waals surface area contributed by atoms with Crippen molar-refractivity contribution in [3.8, 4) is 96.8 Å². The number of pyridine rings is 1.